The Balaban J connectivity index is 2.27. The highest BCUT2D eigenvalue weighted by molar-refractivity contribution is 6.31. The number of allylic oxidation sites excluding steroid dienone is 3. The Labute approximate surface area is 126 Å². The molecule has 0 bridgehead atoms. The quantitative estimate of drug-likeness (QED) is 0.810. The number of halogens is 2. The minimum absolute atomic E-state index is 0.0157. The van der Waals surface area contributed by atoms with Crippen LogP contribution >= 0.6 is 23.2 Å². The Morgan fingerprint density at radius 3 is 2.68 bits per heavy atom. The van der Waals surface area contributed by atoms with Crippen LogP contribution in [0.2, 0.25) is 0 Å². The third-order valence-corrected chi connectivity index (χ3v) is 5.10. The molecule has 4 heteroatoms. The summed E-state index contributed by atoms with van der Waals surface area (Å²) in [5, 5.41) is 9.80. The van der Waals surface area contributed by atoms with Crippen molar-refractivity contribution in [1.82, 2.24) is 4.90 Å². The second-order valence-electron chi connectivity index (χ2n) is 6.14. The number of hydrogen-bond acceptors (Lipinski definition) is 2. The molecule has 0 amide bonds. The van der Waals surface area contributed by atoms with Gasteiger partial charge < -0.3 is 10.0 Å². The van der Waals surface area contributed by atoms with Gasteiger partial charge in [0.1, 0.15) is 0 Å². The second-order valence-corrected chi connectivity index (χ2v) is 7.15. The van der Waals surface area contributed by atoms with E-state index in [1.54, 1.807) is 0 Å². The predicted molar refractivity (Wildman–Crippen MR) is 82.0 cm³/mol. The van der Waals surface area contributed by atoms with Crippen LogP contribution in [-0.2, 0) is 0 Å². The molecule has 2 unspecified atom stereocenters. The molecule has 1 saturated carbocycles. The second kappa shape index (κ2) is 6.17. The highest BCUT2D eigenvalue weighted by atomic mass is 35.5. The molecule has 2 nitrogen and oxygen atoms in total. The van der Waals surface area contributed by atoms with Crippen LogP contribution in [0.5, 0.6) is 0 Å². The van der Waals surface area contributed by atoms with Gasteiger partial charge in [-0.15, -0.1) is 23.2 Å². The van der Waals surface area contributed by atoms with E-state index in [2.05, 4.69) is 31.1 Å². The van der Waals surface area contributed by atoms with E-state index in [9.17, 15) is 5.11 Å². The maximum absolute atomic E-state index is 10.1. The molecule has 2 rings (SSSR count). The fourth-order valence-corrected chi connectivity index (χ4v) is 3.77. The third kappa shape index (κ3) is 3.55. The predicted octanol–water partition coefficient (Wildman–Crippen LogP) is 3.18. The maximum Gasteiger partial charge on any atom is 0.0721 e. The third-order valence-electron chi connectivity index (χ3n) is 4.15. The van der Waals surface area contributed by atoms with Gasteiger partial charge in [0.2, 0.25) is 0 Å². The summed E-state index contributed by atoms with van der Waals surface area (Å²) in [4.78, 5) is 2.20. The number of rotatable bonds is 3. The van der Waals surface area contributed by atoms with Crippen LogP contribution in [0, 0.1) is 5.41 Å². The SMILES string of the molecule is CN(C)C[C@]1(C2=CC(Cl)C(Cl)C=C2)CCC[C@@H](O)C1. The molecule has 108 valence electrons. The van der Waals surface area contributed by atoms with Crippen molar-refractivity contribution in [3.05, 3.63) is 23.8 Å². The smallest absolute Gasteiger partial charge is 0.0721 e. The van der Waals surface area contributed by atoms with E-state index in [0.29, 0.717) is 0 Å². The topological polar surface area (TPSA) is 23.5 Å². The van der Waals surface area contributed by atoms with Crippen LogP contribution in [0.1, 0.15) is 25.7 Å². The van der Waals surface area contributed by atoms with Crippen LogP contribution in [0.25, 0.3) is 0 Å². The molecule has 0 aliphatic heterocycles. The lowest BCUT2D eigenvalue weighted by molar-refractivity contribution is 0.0529. The van der Waals surface area contributed by atoms with Crippen molar-refractivity contribution >= 4 is 23.2 Å². The van der Waals surface area contributed by atoms with Crippen molar-refractivity contribution in [2.24, 2.45) is 5.41 Å². The number of aliphatic hydroxyl groups excluding tert-OH is 1. The number of nitrogens with zero attached hydrogens (tertiary/aromatic N) is 1. The van der Waals surface area contributed by atoms with Crippen LogP contribution in [0.3, 0.4) is 0 Å². The summed E-state index contributed by atoms with van der Waals surface area (Å²) in [5.41, 5.74) is 1.26. The summed E-state index contributed by atoms with van der Waals surface area (Å²) >= 11 is 12.4. The van der Waals surface area contributed by atoms with E-state index in [0.717, 1.165) is 32.2 Å². The first-order valence-electron chi connectivity index (χ1n) is 6.94. The molecule has 0 aromatic rings. The van der Waals surface area contributed by atoms with E-state index in [1.807, 2.05) is 6.08 Å². The van der Waals surface area contributed by atoms with Gasteiger partial charge in [-0.05, 0) is 45.4 Å². The first-order valence-corrected chi connectivity index (χ1v) is 7.82. The van der Waals surface area contributed by atoms with E-state index < -0.39 is 0 Å². The molecule has 2 aliphatic carbocycles. The van der Waals surface area contributed by atoms with Gasteiger partial charge in [-0.3, -0.25) is 0 Å². The Morgan fingerprint density at radius 1 is 1.37 bits per heavy atom. The van der Waals surface area contributed by atoms with Crippen LogP contribution in [0.4, 0.5) is 0 Å². The molecule has 0 heterocycles. The van der Waals surface area contributed by atoms with Gasteiger partial charge >= 0.3 is 0 Å². The average Bonchev–Trinajstić information content (AvgIpc) is 2.31. The zero-order valence-electron chi connectivity index (χ0n) is 11.6. The molecule has 4 atom stereocenters. The number of hydrogen-bond donors (Lipinski definition) is 1. The molecule has 1 N–H and O–H groups in total. The molecule has 0 saturated heterocycles. The van der Waals surface area contributed by atoms with E-state index in [-0.39, 0.29) is 22.3 Å². The summed E-state index contributed by atoms with van der Waals surface area (Å²) in [5.74, 6) is 0. The highest BCUT2D eigenvalue weighted by Gasteiger charge is 2.39. The Kier molecular flexibility index (Phi) is 4.99. The van der Waals surface area contributed by atoms with Crippen LogP contribution < -0.4 is 0 Å². The van der Waals surface area contributed by atoms with Crippen molar-refractivity contribution in [1.29, 1.82) is 0 Å². The zero-order chi connectivity index (χ0) is 14.0. The summed E-state index contributed by atoms with van der Waals surface area (Å²) in [6, 6.07) is 0. The van der Waals surface area contributed by atoms with E-state index in [1.165, 1.54) is 5.57 Å². The van der Waals surface area contributed by atoms with Gasteiger partial charge in [-0.1, -0.05) is 18.2 Å². The molecule has 0 aromatic carbocycles. The first kappa shape index (κ1) is 15.4. The molecular formula is C15H23Cl2NO. The van der Waals surface area contributed by atoms with Gasteiger partial charge in [-0.25, -0.2) is 0 Å². The summed E-state index contributed by atoms with van der Waals surface area (Å²) in [7, 11) is 4.16. The van der Waals surface area contributed by atoms with Crippen molar-refractivity contribution in [2.75, 3.05) is 20.6 Å². The molecule has 0 radical (unpaired) electrons. The lowest BCUT2D eigenvalue weighted by Gasteiger charge is -2.43. The largest absolute Gasteiger partial charge is 0.393 e. The minimum Gasteiger partial charge on any atom is -0.393 e. The first-order chi connectivity index (χ1) is 8.93. The van der Waals surface area contributed by atoms with E-state index in [4.69, 9.17) is 23.2 Å². The molecule has 2 aliphatic rings. The normalized spacial score (nSPS) is 39.5. The Morgan fingerprint density at radius 2 is 2.11 bits per heavy atom. The van der Waals surface area contributed by atoms with Crippen LogP contribution in [0.15, 0.2) is 23.8 Å². The summed E-state index contributed by atoms with van der Waals surface area (Å²) in [6.07, 6.45) is 9.87. The standard InChI is InChI=1S/C15H23Cl2NO/c1-18(2)10-15(7-3-4-12(19)9-15)11-5-6-13(16)14(17)8-11/h5-6,8,12-14,19H,3-4,7,9-10H2,1-2H3/t12-,13?,14?,15+/m1/s1. The summed E-state index contributed by atoms with van der Waals surface area (Å²) in [6.45, 7) is 0.941. The highest BCUT2D eigenvalue weighted by Crippen LogP contribution is 2.45. The number of aliphatic hydroxyl groups is 1. The van der Waals surface area contributed by atoms with Gasteiger partial charge in [0, 0.05) is 12.0 Å². The maximum atomic E-state index is 10.1. The number of alkyl halides is 2. The van der Waals surface area contributed by atoms with Gasteiger partial charge in [0.05, 0.1) is 16.9 Å². The molecule has 1 fully saturated rings. The lowest BCUT2D eigenvalue weighted by Crippen LogP contribution is -2.41. The zero-order valence-corrected chi connectivity index (χ0v) is 13.2. The lowest BCUT2D eigenvalue weighted by atomic mass is 9.66. The Hall–Kier alpha value is -0.0200. The van der Waals surface area contributed by atoms with Crippen molar-refractivity contribution in [3.8, 4) is 0 Å². The summed E-state index contributed by atoms with van der Waals surface area (Å²) < 4.78 is 0. The van der Waals surface area contributed by atoms with Gasteiger partial charge in [0.15, 0.2) is 0 Å². The monoisotopic (exact) mass is 303 g/mol. The minimum atomic E-state index is -0.203. The molecule has 19 heavy (non-hydrogen) atoms. The fourth-order valence-electron chi connectivity index (χ4n) is 3.41. The Bertz CT molecular complexity index is 376. The fraction of sp³-hybridized carbons (Fsp3) is 0.733. The van der Waals surface area contributed by atoms with Crippen LogP contribution in [-0.4, -0.2) is 47.5 Å². The molecule has 0 aromatic heterocycles. The molecular weight excluding hydrogens is 281 g/mol. The van der Waals surface area contributed by atoms with Crippen molar-refractivity contribution < 1.29 is 5.11 Å². The van der Waals surface area contributed by atoms with Gasteiger partial charge in [0.25, 0.3) is 0 Å². The van der Waals surface area contributed by atoms with Crippen molar-refractivity contribution in [2.45, 2.75) is 42.5 Å². The average molecular weight is 304 g/mol. The van der Waals surface area contributed by atoms with E-state index >= 15 is 0 Å². The van der Waals surface area contributed by atoms with Crippen molar-refractivity contribution in [3.63, 3.8) is 0 Å². The van der Waals surface area contributed by atoms with Gasteiger partial charge in [-0.2, -0.15) is 0 Å². The molecule has 0 spiro atoms.